The van der Waals surface area contributed by atoms with Gasteiger partial charge in [-0.3, -0.25) is 9.97 Å². The van der Waals surface area contributed by atoms with Crippen LogP contribution in [0.2, 0.25) is 0 Å². The summed E-state index contributed by atoms with van der Waals surface area (Å²) in [6.45, 7) is 0.575. The molecule has 0 radical (unpaired) electrons. The van der Waals surface area contributed by atoms with E-state index in [1.807, 2.05) is 54.2 Å². The van der Waals surface area contributed by atoms with Crippen molar-refractivity contribution in [3.63, 3.8) is 0 Å². The first-order valence-electron chi connectivity index (χ1n) is 9.91. The molecule has 0 aliphatic heterocycles. The minimum Gasteiger partial charge on any atom is -0.494 e. The summed E-state index contributed by atoms with van der Waals surface area (Å²) in [5, 5.41) is 17.3. The van der Waals surface area contributed by atoms with E-state index in [1.165, 1.54) is 5.56 Å². The van der Waals surface area contributed by atoms with E-state index < -0.39 is 0 Å². The van der Waals surface area contributed by atoms with Gasteiger partial charge in [0.15, 0.2) is 5.76 Å². The lowest BCUT2D eigenvalue weighted by molar-refractivity contribution is 0.302. The second-order valence-corrected chi connectivity index (χ2v) is 8.04. The molecule has 0 atom stereocenters. The average Bonchev–Trinajstić information content (AvgIpc) is 3.30. The number of hydrogen-bond acceptors (Lipinski definition) is 7. The number of benzene rings is 1. The molecule has 0 unspecified atom stereocenters. The molecule has 6 nitrogen and oxygen atoms in total. The highest BCUT2D eigenvalue weighted by Gasteiger charge is 2.10. The molecule has 4 aromatic heterocycles. The molecule has 0 aliphatic rings. The molecular weight excluding hydrogens is 446 g/mol. The number of aromatic nitrogens is 2. The molecule has 0 saturated heterocycles. The molecule has 1 aromatic carbocycles. The maximum atomic E-state index is 9.59. The Bertz CT molecular complexity index is 1420. The number of thiophene rings is 1. The number of aryl methyl sites for hydroxylation is 1. The van der Waals surface area contributed by atoms with Crippen LogP contribution in [0.15, 0.2) is 82.1 Å². The molecule has 1 N–H and O–H groups in total. The van der Waals surface area contributed by atoms with Gasteiger partial charge < -0.3 is 14.4 Å². The Balaban J connectivity index is 0.00000245. The van der Waals surface area contributed by atoms with Crippen LogP contribution in [0.1, 0.15) is 12.0 Å². The van der Waals surface area contributed by atoms with Gasteiger partial charge in [0.1, 0.15) is 22.4 Å². The molecule has 5 rings (SSSR count). The van der Waals surface area contributed by atoms with E-state index in [1.54, 1.807) is 23.6 Å². The molecule has 0 fully saturated rings. The Hall–Kier alpha value is -3.42. The van der Waals surface area contributed by atoms with Crippen LogP contribution in [0.4, 0.5) is 0 Å². The van der Waals surface area contributed by atoms with E-state index in [2.05, 4.69) is 21.2 Å². The van der Waals surface area contributed by atoms with Crippen LogP contribution in [0, 0.1) is 0 Å². The van der Waals surface area contributed by atoms with Crippen LogP contribution in [-0.4, -0.2) is 21.8 Å². The van der Waals surface area contributed by atoms with Crippen LogP contribution >= 0.6 is 23.7 Å². The largest absolute Gasteiger partial charge is 0.494 e. The van der Waals surface area contributed by atoms with Crippen molar-refractivity contribution in [2.24, 2.45) is 5.16 Å². The summed E-state index contributed by atoms with van der Waals surface area (Å²) < 4.78 is 13.1. The van der Waals surface area contributed by atoms with Gasteiger partial charge in [-0.2, -0.15) is 0 Å². The van der Waals surface area contributed by atoms with Gasteiger partial charge in [-0.1, -0.05) is 11.2 Å². The van der Waals surface area contributed by atoms with Crippen molar-refractivity contribution in [2.75, 3.05) is 6.61 Å². The van der Waals surface area contributed by atoms with Crippen molar-refractivity contribution in [3.05, 3.63) is 83.4 Å². The standard InChI is InChI=1S/C24H19N3O3S.ClH/c28-27-20-12-23(21-13-24-17(15-26-21)7-10-31-24)30-22-6-5-18(11-19(20)22)29-9-2-4-16-3-1-8-25-14-16;/h1,3,5-8,10-15,28H,2,4,9H2;1H/b27-20-;. The van der Waals surface area contributed by atoms with Gasteiger partial charge in [-0.15, -0.1) is 23.7 Å². The van der Waals surface area contributed by atoms with E-state index in [0.717, 1.165) is 22.9 Å². The predicted molar refractivity (Wildman–Crippen MR) is 127 cm³/mol. The molecule has 8 heteroatoms. The molecular formula is C24H20ClN3O3S. The summed E-state index contributed by atoms with van der Waals surface area (Å²) in [6.07, 6.45) is 7.24. The van der Waals surface area contributed by atoms with Crippen molar-refractivity contribution in [1.29, 1.82) is 0 Å². The summed E-state index contributed by atoms with van der Waals surface area (Å²) in [5.41, 5.74) is 2.48. The number of pyridine rings is 2. The number of fused-ring (bicyclic) bond motifs is 2. The first-order chi connectivity index (χ1) is 15.3. The Morgan fingerprint density at radius 1 is 1.09 bits per heavy atom. The van der Waals surface area contributed by atoms with E-state index in [-0.39, 0.29) is 12.4 Å². The third-order valence-electron chi connectivity index (χ3n) is 5.01. The Morgan fingerprint density at radius 3 is 2.88 bits per heavy atom. The maximum absolute atomic E-state index is 9.59. The second-order valence-electron chi connectivity index (χ2n) is 7.10. The second kappa shape index (κ2) is 9.80. The maximum Gasteiger partial charge on any atom is 0.155 e. The first kappa shape index (κ1) is 21.8. The SMILES string of the molecule is Cl.O/N=c1/cc(-c2cc3sccc3cn2)oc2ccc(OCCCc3cccnc3)cc12. The Labute approximate surface area is 194 Å². The molecule has 0 amide bonds. The lowest BCUT2D eigenvalue weighted by Gasteiger charge is -2.08. The van der Waals surface area contributed by atoms with Gasteiger partial charge in [-0.25, -0.2) is 0 Å². The van der Waals surface area contributed by atoms with Crippen molar-refractivity contribution < 1.29 is 14.4 Å². The highest BCUT2D eigenvalue weighted by Crippen LogP contribution is 2.27. The number of rotatable bonds is 6. The zero-order valence-corrected chi connectivity index (χ0v) is 18.6. The van der Waals surface area contributed by atoms with Crippen LogP contribution in [0.5, 0.6) is 5.75 Å². The smallest absolute Gasteiger partial charge is 0.155 e. The third-order valence-corrected chi connectivity index (χ3v) is 5.89. The minimum absolute atomic E-state index is 0. The fourth-order valence-electron chi connectivity index (χ4n) is 3.45. The number of ether oxygens (including phenoxy) is 1. The molecule has 162 valence electrons. The van der Waals surface area contributed by atoms with Crippen molar-refractivity contribution >= 4 is 44.8 Å². The molecule has 5 aromatic rings. The highest BCUT2D eigenvalue weighted by atomic mass is 35.5. The monoisotopic (exact) mass is 465 g/mol. The number of nitrogens with zero attached hydrogens (tertiary/aromatic N) is 3. The molecule has 4 heterocycles. The summed E-state index contributed by atoms with van der Waals surface area (Å²) in [7, 11) is 0. The number of hydrogen-bond donors (Lipinski definition) is 1. The van der Waals surface area contributed by atoms with Gasteiger partial charge in [0, 0.05) is 34.7 Å². The fraction of sp³-hybridized carbons (Fsp3) is 0.125. The topological polar surface area (TPSA) is 80.7 Å². The van der Waals surface area contributed by atoms with Gasteiger partial charge in [0.05, 0.1) is 12.0 Å². The van der Waals surface area contributed by atoms with Crippen molar-refractivity contribution in [2.45, 2.75) is 12.8 Å². The lowest BCUT2D eigenvalue weighted by Crippen LogP contribution is -2.05. The normalized spacial score (nSPS) is 11.6. The van der Waals surface area contributed by atoms with Crippen LogP contribution in [0.25, 0.3) is 32.5 Å². The van der Waals surface area contributed by atoms with Gasteiger partial charge in [0.25, 0.3) is 0 Å². The van der Waals surface area contributed by atoms with Crippen LogP contribution in [0.3, 0.4) is 0 Å². The van der Waals surface area contributed by atoms with Crippen LogP contribution in [-0.2, 0) is 6.42 Å². The lowest BCUT2D eigenvalue weighted by atomic mass is 10.1. The third kappa shape index (κ3) is 4.59. The van der Waals surface area contributed by atoms with Gasteiger partial charge in [-0.05, 0) is 60.2 Å². The van der Waals surface area contributed by atoms with Gasteiger partial charge in [0.2, 0.25) is 0 Å². The summed E-state index contributed by atoms with van der Waals surface area (Å²) >= 11 is 1.65. The zero-order chi connectivity index (χ0) is 21.0. The highest BCUT2D eigenvalue weighted by molar-refractivity contribution is 7.17. The van der Waals surface area contributed by atoms with E-state index >= 15 is 0 Å². The van der Waals surface area contributed by atoms with Crippen molar-refractivity contribution in [1.82, 2.24) is 9.97 Å². The Morgan fingerprint density at radius 2 is 2.03 bits per heavy atom. The molecule has 0 aliphatic carbocycles. The predicted octanol–water partition coefficient (Wildman–Crippen LogP) is 5.83. The van der Waals surface area contributed by atoms with E-state index in [0.29, 0.717) is 40.1 Å². The van der Waals surface area contributed by atoms with E-state index in [9.17, 15) is 5.21 Å². The van der Waals surface area contributed by atoms with Crippen LogP contribution < -0.4 is 10.1 Å². The van der Waals surface area contributed by atoms with Crippen molar-refractivity contribution in [3.8, 4) is 17.2 Å². The molecule has 32 heavy (non-hydrogen) atoms. The summed E-state index contributed by atoms with van der Waals surface area (Å²) in [4.78, 5) is 8.61. The summed E-state index contributed by atoms with van der Waals surface area (Å²) in [5.74, 6) is 1.24. The Kier molecular flexibility index (Phi) is 6.68. The zero-order valence-electron chi connectivity index (χ0n) is 17.0. The quantitative estimate of drug-likeness (QED) is 0.194. The van der Waals surface area contributed by atoms with E-state index in [4.69, 9.17) is 9.15 Å². The van der Waals surface area contributed by atoms with Gasteiger partial charge >= 0.3 is 0 Å². The fourth-order valence-corrected chi connectivity index (χ4v) is 4.25. The molecule has 0 spiro atoms. The average molecular weight is 466 g/mol. The number of halogens is 1. The molecule has 0 saturated carbocycles. The first-order valence-corrected chi connectivity index (χ1v) is 10.8. The molecule has 0 bridgehead atoms. The minimum atomic E-state index is 0. The summed E-state index contributed by atoms with van der Waals surface area (Å²) in [6, 6.07) is 15.2.